The van der Waals surface area contributed by atoms with Crippen LogP contribution < -0.4 is 5.32 Å². The zero-order chi connectivity index (χ0) is 8.11. The van der Waals surface area contributed by atoms with Crippen molar-refractivity contribution in [3.8, 4) is 0 Å². The van der Waals surface area contributed by atoms with E-state index in [1.807, 2.05) is 7.05 Å². The fourth-order valence-corrected chi connectivity index (χ4v) is 2.64. The molecule has 3 rings (SSSR count). The number of carboxylic acid groups (broad SMARTS) is 1. The molecule has 0 radical (unpaired) electrons. The van der Waals surface area contributed by atoms with Crippen molar-refractivity contribution in [2.24, 2.45) is 5.41 Å². The number of rotatable bonds is 2. The van der Waals surface area contributed by atoms with E-state index < -0.39 is 5.97 Å². The zero-order valence-corrected chi connectivity index (χ0v) is 7.91. The summed E-state index contributed by atoms with van der Waals surface area (Å²) in [5.41, 5.74) is -0.151. The molecule has 3 nitrogen and oxygen atoms in total. The highest BCUT2D eigenvalue weighted by Gasteiger charge is 2.64. The van der Waals surface area contributed by atoms with E-state index in [1.54, 1.807) is 0 Å². The predicted molar refractivity (Wildman–Crippen MR) is 47.6 cm³/mol. The van der Waals surface area contributed by atoms with Crippen molar-refractivity contribution in [1.29, 1.82) is 0 Å². The van der Waals surface area contributed by atoms with Crippen molar-refractivity contribution < 1.29 is 9.90 Å². The van der Waals surface area contributed by atoms with Crippen molar-refractivity contribution in [2.75, 3.05) is 7.05 Å². The topological polar surface area (TPSA) is 49.3 Å². The Balaban J connectivity index is 0.000000720. The van der Waals surface area contributed by atoms with Crippen molar-refractivity contribution in [3.05, 3.63) is 0 Å². The first-order chi connectivity index (χ1) is 5.13. The van der Waals surface area contributed by atoms with Gasteiger partial charge in [0.25, 0.3) is 0 Å². The second-order valence-electron chi connectivity index (χ2n) is 3.97. The molecule has 0 heterocycles. The lowest BCUT2D eigenvalue weighted by Gasteiger charge is -2.44. The summed E-state index contributed by atoms with van der Waals surface area (Å²) in [6.45, 7) is 0. The van der Waals surface area contributed by atoms with Gasteiger partial charge in [-0.2, -0.15) is 0 Å². The summed E-state index contributed by atoms with van der Waals surface area (Å²) < 4.78 is 0. The first kappa shape index (κ1) is 9.81. The molecule has 0 spiro atoms. The van der Waals surface area contributed by atoms with Gasteiger partial charge in [0.15, 0.2) is 0 Å². The molecule has 3 fully saturated rings. The van der Waals surface area contributed by atoms with Crippen LogP contribution in [0.25, 0.3) is 0 Å². The Labute approximate surface area is 77.9 Å². The summed E-state index contributed by atoms with van der Waals surface area (Å²) in [5, 5.41) is 12.1. The molecule has 0 unspecified atom stereocenters. The molecule has 0 aromatic rings. The van der Waals surface area contributed by atoms with Gasteiger partial charge in [0.1, 0.15) is 0 Å². The van der Waals surface area contributed by atoms with Gasteiger partial charge in [-0.15, -0.1) is 12.4 Å². The quantitative estimate of drug-likeness (QED) is 0.686. The lowest BCUT2D eigenvalue weighted by Crippen LogP contribution is -2.54. The lowest BCUT2D eigenvalue weighted by atomic mass is 9.65. The van der Waals surface area contributed by atoms with Gasteiger partial charge in [-0.05, 0) is 32.7 Å². The van der Waals surface area contributed by atoms with Crippen molar-refractivity contribution in [1.82, 2.24) is 5.32 Å². The van der Waals surface area contributed by atoms with Crippen molar-refractivity contribution in [3.63, 3.8) is 0 Å². The molecule has 0 aromatic carbocycles. The molecule has 3 saturated carbocycles. The summed E-state index contributed by atoms with van der Waals surface area (Å²) in [5.74, 6) is -0.596. The molecule has 4 heteroatoms. The van der Waals surface area contributed by atoms with E-state index in [-0.39, 0.29) is 23.4 Å². The zero-order valence-electron chi connectivity index (χ0n) is 7.09. The predicted octanol–water partition coefficient (Wildman–Crippen LogP) is 1.02. The van der Waals surface area contributed by atoms with E-state index in [4.69, 9.17) is 5.11 Å². The summed E-state index contributed by atoms with van der Waals surface area (Å²) in [7, 11) is 1.93. The standard InChI is InChI=1S/C8H13NO2.ClH/c1-9-8-3-2-7(4-8,5-8)6(10)11;/h9H,2-5H2,1H3,(H,10,11);1H. The Kier molecular flexibility index (Phi) is 2.13. The molecular weight excluding hydrogens is 178 g/mol. The highest BCUT2D eigenvalue weighted by atomic mass is 35.5. The lowest BCUT2D eigenvalue weighted by molar-refractivity contribution is -0.154. The van der Waals surface area contributed by atoms with Gasteiger partial charge in [-0.3, -0.25) is 4.79 Å². The van der Waals surface area contributed by atoms with Crippen LogP contribution in [0.3, 0.4) is 0 Å². The van der Waals surface area contributed by atoms with Gasteiger partial charge in [0.05, 0.1) is 5.41 Å². The third-order valence-corrected chi connectivity index (χ3v) is 3.42. The van der Waals surface area contributed by atoms with E-state index >= 15 is 0 Å². The van der Waals surface area contributed by atoms with Crippen LogP contribution in [-0.2, 0) is 4.79 Å². The van der Waals surface area contributed by atoms with Crippen LogP contribution in [0.4, 0.5) is 0 Å². The number of fused-ring (bicyclic) bond motifs is 1. The third kappa shape index (κ3) is 0.962. The minimum atomic E-state index is -0.596. The maximum atomic E-state index is 10.8. The first-order valence-electron chi connectivity index (χ1n) is 4.05. The second-order valence-corrected chi connectivity index (χ2v) is 3.97. The molecular formula is C8H14ClNO2. The van der Waals surface area contributed by atoms with Gasteiger partial charge < -0.3 is 10.4 Å². The van der Waals surface area contributed by atoms with E-state index in [0.717, 1.165) is 25.7 Å². The van der Waals surface area contributed by atoms with Crippen LogP contribution in [-0.4, -0.2) is 23.7 Å². The minimum absolute atomic E-state index is 0. The average molecular weight is 192 g/mol. The number of carboxylic acids is 1. The van der Waals surface area contributed by atoms with Gasteiger partial charge in [-0.1, -0.05) is 0 Å². The van der Waals surface area contributed by atoms with Crippen molar-refractivity contribution >= 4 is 18.4 Å². The Hall–Kier alpha value is -0.280. The molecule has 12 heavy (non-hydrogen) atoms. The Morgan fingerprint density at radius 1 is 1.42 bits per heavy atom. The molecule has 0 aromatic heterocycles. The highest BCUT2D eigenvalue weighted by molar-refractivity contribution is 5.85. The van der Waals surface area contributed by atoms with Crippen LogP contribution in [0.5, 0.6) is 0 Å². The van der Waals surface area contributed by atoms with Crippen LogP contribution in [0.1, 0.15) is 25.7 Å². The molecule has 0 amide bonds. The fourth-order valence-electron chi connectivity index (χ4n) is 2.64. The molecule has 2 N–H and O–H groups in total. The molecule has 0 saturated heterocycles. The van der Waals surface area contributed by atoms with Gasteiger partial charge in [0.2, 0.25) is 0 Å². The molecule has 0 atom stereocenters. The summed E-state index contributed by atoms with van der Waals surface area (Å²) in [6.07, 6.45) is 3.58. The van der Waals surface area contributed by atoms with Crippen molar-refractivity contribution in [2.45, 2.75) is 31.2 Å². The number of hydrogen-bond donors (Lipinski definition) is 2. The van der Waals surface area contributed by atoms with Crippen LogP contribution in [0.2, 0.25) is 0 Å². The van der Waals surface area contributed by atoms with E-state index in [1.165, 1.54) is 0 Å². The monoisotopic (exact) mass is 191 g/mol. The van der Waals surface area contributed by atoms with E-state index in [2.05, 4.69) is 5.32 Å². The first-order valence-corrected chi connectivity index (χ1v) is 4.05. The average Bonchev–Trinajstić information content (AvgIpc) is 2.39. The van der Waals surface area contributed by atoms with Crippen LogP contribution >= 0.6 is 12.4 Å². The Morgan fingerprint density at radius 3 is 2.25 bits per heavy atom. The summed E-state index contributed by atoms with van der Waals surface area (Å²) in [6, 6.07) is 0. The molecule has 3 aliphatic carbocycles. The summed E-state index contributed by atoms with van der Waals surface area (Å²) >= 11 is 0. The maximum absolute atomic E-state index is 10.8. The second kappa shape index (κ2) is 2.60. The van der Waals surface area contributed by atoms with Gasteiger partial charge in [-0.25, -0.2) is 0 Å². The maximum Gasteiger partial charge on any atom is 0.309 e. The normalized spacial score (nSPS) is 43.1. The molecule has 0 aliphatic heterocycles. The highest BCUT2D eigenvalue weighted by Crippen LogP contribution is 2.61. The SMILES string of the molecule is CNC12CCC(C(=O)O)(C1)C2.Cl. The smallest absolute Gasteiger partial charge is 0.309 e. The van der Waals surface area contributed by atoms with Gasteiger partial charge >= 0.3 is 5.97 Å². The van der Waals surface area contributed by atoms with E-state index in [9.17, 15) is 4.79 Å². The molecule has 3 aliphatic rings. The fraction of sp³-hybridized carbons (Fsp3) is 0.875. The summed E-state index contributed by atoms with van der Waals surface area (Å²) in [4.78, 5) is 10.8. The van der Waals surface area contributed by atoms with Crippen LogP contribution in [0.15, 0.2) is 0 Å². The van der Waals surface area contributed by atoms with E-state index in [0.29, 0.717) is 0 Å². The number of aliphatic carboxylic acids is 1. The third-order valence-electron chi connectivity index (χ3n) is 3.42. The Morgan fingerprint density at radius 2 is 2.00 bits per heavy atom. The minimum Gasteiger partial charge on any atom is -0.481 e. The molecule has 70 valence electrons. The van der Waals surface area contributed by atoms with Gasteiger partial charge in [0, 0.05) is 5.54 Å². The number of halogens is 1. The van der Waals surface area contributed by atoms with Crippen LogP contribution in [0, 0.1) is 5.41 Å². The largest absolute Gasteiger partial charge is 0.481 e. The number of hydrogen-bond acceptors (Lipinski definition) is 2. The number of carbonyl (C=O) groups is 1. The number of nitrogens with one attached hydrogen (secondary N) is 1. The molecule has 2 bridgehead atoms. The Bertz CT molecular complexity index is 211.